The molecule has 0 saturated heterocycles. The first kappa shape index (κ1) is 22.7. The van der Waals surface area contributed by atoms with Crippen molar-refractivity contribution in [1.82, 2.24) is 9.55 Å². The van der Waals surface area contributed by atoms with Crippen LogP contribution in [0.4, 0.5) is 0 Å². The van der Waals surface area contributed by atoms with E-state index in [0.717, 1.165) is 33.5 Å². The van der Waals surface area contributed by atoms with Crippen molar-refractivity contribution in [2.24, 2.45) is 0 Å². The topological polar surface area (TPSA) is 70.4 Å². The lowest BCUT2D eigenvalue weighted by atomic mass is 10.2. The molecule has 35 heavy (non-hydrogen) atoms. The van der Waals surface area contributed by atoms with Crippen LogP contribution in [0.3, 0.4) is 0 Å². The summed E-state index contributed by atoms with van der Waals surface area (Å²) in [7, 11) is -2.64. The summed E-state index contributed by atoms with van der Waals surface area (Å²) >= 11 is 0. The van der Waals surface area contributed by atoms with E-state index in [0.29, 0.717) is 6.54 Å². The number of rotatable bonds is 7. The molecule has 0 amide bonds. The third-order valence-corrected chi connectivity index (χ3v) is 7.01. The van der Waals surface area contributed by atoms with E-state index in [4.69, 9.17) is 13.9 Å². The van der Waals surface area contributed by atoms with Gasteiger partial charge in [0.2, 0.25) is 0 Å². The number of aromatic nitrogens is 2. The first-order chi connectivity index (χ1) is 16.9. The lowest BCUT2D eigenvalue weighted by Crippen LogP contribution is -2.11. The van der Waals surface area contributed by atoms with Gasteiger partial charge in [-0.1, -0.05) is 48.5 Å². The smallest absolute Gasteiger partial charge is 0.342 e. The summed E-state index contributed by atoms with van der Waals surface area (Å²) in [5.41, 5.74) is 4.74. The summed E-state index contributed by atoms with van der Waals surface area (Å²) in [5, 5.41) is 0. The molecule has 1 heterocycles. The Labute approximate surface area is 204 Å². The molecular formula is C28H24N2O4S. The molecule has 0 spiro atoms. The average Bonchev–Trinajstić information content (AvgIpc) is 3.23. The van der Waals surface area contributed by atoms with Crippen LogP contribution in [0.5, 0.6) is 11.5 Å². The van der Waals surface area contributed by atoms with E-state index in [-0.39, 0.29) is 16.4 Å². The van der Waals surface area contributed by atoms with E-state index < -0.39 is 10.1 Å². The van der Waals surface area contributed by atoms with Crippen molar-refractivity contribution in [1.29, 1.82) is 0 Å². The number of fused-ring (bicyclic) bond motifs is 1. The van der Waals surface area contributed by atoms with Crippen LogP contribution in [-0.4, -0.2) is 25.1 Å². The van der Waals surface area contributed by atoms with Crippen LogP contribution >= 0.6 is 0 Å². The van der Waals surface area contributed by atoms with Gasteiger partial charge in [-0.2, -0.15) is 8.42 Å². The van der Waals surface area contributed by atoms with Crippen molar-refractivity contribution in [3.05, 3.63) is 108 Å². The van der Waals surface area contributed by atoms with Gasteiger partial charge in [-0.3, -0.25) is 0 Å². The molecule has 0 unspecified atom stereocenters. The molecule has 0 aliphatic carbocycles. The van der Waals surface area contributed by atoms with Gasteiger partial charge in [0, 0.05) is 12.1 Å². The van der Waals surface area contributed by atoms with E-state index >= 15 is 0 Å². The summed E-state index contributed by atoms with van der Waals surface area (Å²) in [6.07, 6.45) is 0. The molecule has 176 valence electrons. The fourth-order valence-corrected chi connectivity index (χ4v) is 5.21. The van der Waals surface area contributed by atoms with Gasteiger partial charge in [-0.15, -0.1) is 0 Å². The highest BCUT2D eigenvalue weighted by Crippen LogP contribution is 2.30. The normalized spacial score (nSPS) is 11.5. The zero-order valence-electron chi connectivity index (χ0n) is 19.4. The molecule has 0 bridgehead atoms. The van der Waals surface area contributed by atoms with Crippen molar-refractivity contribution < 1.29 is 17.3 Å². The monoisotopic (exact) mass is 484 g/mol. The molecule has 0 aliphatic rings. The minimum Gasteiger partial charge on any atom is -0.495 e. The van der Waals surface area contributed by atoms with Crippen LogP contribution in [0.25, 0.3) is 22.4 Å². The largest absolute Gasteiger partial charge is 0.495 e. The van der Waals surface area contributed by atoms with Crippen LogP contribution in [0, 0.1) is 6.92 Å². The fraction of sp³-hybridized carbons (Fsp3) is 0.107. The maximum absolute atomic E-state index is 12.9. The first-order valence-electron chi connectivity index (χ1n) is 11.1. The van der Waals surface area contributed by atoms with Gasteiger partial charge in [0.05, 0.1) is 18.1 Å². The van der Waals surface area contributed by atoms with Crippen LogP contribution in [0.15, 0.2) is 102 Å². The minimum atomic E-state index is -4.07. The molecule has 4 aromatic carbocycles. The number of para-hydroxylation sites is 2. The number of ether oxygens (including phenoxy) is 1. The zero-order chi connectivity index (χ0) is 24.4. The lowest BCUT2D eigenvalue weighted by Gasteiger charge is -2.12. The van der Waals surface area contributed by atoms with E-state index in [9.17, 15) is 8.42 Å². The van der Waals surface area contributed by atoms with Gasteiger partial charge in [-0.25, -0.2) is 4.98 Å². The zero-order valence-corrected chi connectivity index (χ0v) is 20.2. The molecule has 0 radical (unpaired) electrons. The summed E-state index contributed by atoms with van der Waals surface area (Å²) in [6.45, 7) is 2.48. The highest BCUT2D eigenvalue weighted by Gasteiger charge is 2.22. The second-order valence-electron chi connectivity index (χ2n) is 8.21. The number of imidazole rings is 1. The maximum atomic E-state index is 12.9. The second-order valence-corrected chi connectivity index (χ2v) is 9.73. The van der Waals surface area contributed by atoms with Crippen LogP contribution in [0.1, 0.15) is 11.1 Å². The van der Waals surface area contributed by atoms with E-state index in [1.54, 1.807) is 24.3 Å². The first-order valence-corrected chi connectivity index (χ1v) is 12.5. The third kappa shape index (κ3) is 4.63. The van der Waals surface area contributed by atoms with E-state index in [1.807, 2.05) is 61.5 Å². The van der Waals surface area contributed by atoms with Gasteiger partial charge in [0.1, 0.15) is 22.2 Å². The minimum absolute atomic E-state index is 0.00581. The van der Waals surface area contributed by atoms with Gasteiger partial charge >= 0.3 is 10.1 Å². The Morgan fingerprint density at radius 2 is 1.57 bits per heavy atom. The fourth-order valence-electron chi connectivity index (χ4n) is 4.03. The molecule has 5 aromatic rings. The van der Waals surface area contributed by atoms with E-state index in [2.05, 4.69) is 16.7 Å². The number of hydrogen-bond donors (Lipinski definition) is 0. The number of nitrogens with zero attached hydrogens (tertiary/aromatic N) is 2. The number of methoxy groups -OCH3 is 1. The Bertz CT molecular complexity index is 1590. The molecule has 7 heteroatoms. The Morgan fingerprint density at radius 3 is 2.31 bits per heavy atom. The molecule has 0 fully saturated rings. The Morgan fingerprint density at radius 1 is 0.857 bits per heavy atom. The predicted molar refractivity (Wildman–Crippen MR) is 136 cm³/mol. The van der Waals surface area contributed by atoms with Crippen molar-refractivity contribution in [3.8, 4) is 22.9 Å². The highest BCUT2D eigenvalue weighted by atomic mass is 32.2. The molecule has 0 N–H and O–H groups in total. The molecule has 0 atom stereocenters. The Balaban J connectivity index is 1.48. The molecule has 1 aromatic heterocycles. The van der Waals surface area contributed by atoms with Gasteiger partial charge < -0.3 is 13.5 Å². The lowest BCUT2D eigenvalue weighted by molar-refractivity contribution is 0.398. The summed E-state index contributed by atoms with van der Waals surface area (Å²) in [6, 6.07) is 30.1. The molecule has 0 aliphatic heterocycles. The van der Waals surface area contributed by atoms with Gasteiger partial charge in [0.15, 0.2) is 0 Å². The third-order valence-electron chi connectivity index (χ3n) is 5.74. The Kier molecular flexibility index (Phi) is 6.01. The maximum Gasteiger partial charge on any atom is 0.342 e. The van der Waals surface area contributed by atoms with E-state index in [1.165, 1.54) is 13.2 Å². The molecule has 5 rings (SSSR count). The predicted octanol–water partition coefficient (Wildman–Crippen LogP) is 5.84. The number of aryl methyl sites for hydroxylation is 1. The average molecular weight is 485 g/mol. The number of benzene rings is 4. The SMILES string of the molecule is COc1ccc(C)cc1S(=O)(=O)Oc1ccc(-c2nc3ccccc3n2Cc2ccccc2)cc1. The van der Waals surface area contributed by atoms with Crippen LogP contribution in [-0.2, 0) is 16.7 Å². The highest BCUT2D eigenvalue weighted by molar-refractivity contribution is 7.87. The number of hydrogen-bond acceptors (Lipinski definition) is 5. The second kappa shape index (κ2) is 9.27. The van der Waals surface area contributed by atoms with Gasteiger partial charge in [-0.05, 0) is 66.6 Å². The molecule has 0 saturated carbocycles. The summed E-state index contributed by atoms with van der Waals surface area (Å²) < 4.78 is 38.7. The quantitative estimate of drug-likeness (QED) is 0.272. The van der Waals surface area contributed by atoms with Crippen LogP contribution in [0.2, 0.25) is 0 Å². The van der Waals surface area contributed by atoms with Crippen molar-refractivity contribution in [2.75, 3.05) is 7.11 Å². The molecular weight excluding hydrogens is 460 g/mol. The standard InChI is InChI=1S/C28H24N2O4S/c1-20-12-17-26(33-2)27(18-20)35(31,32)34-23-15-13-22(14-16-23)28-29-24-10-6-7-11-25(24)30(28)19-21-8-4-3-5-9-21/h3-18H,19H2,1-2H3. The summed E-state index contributed by atoms with van der Waals surface area (Å²) in [5.74, 6) is 1.25. The van der Waals surface area contributed by atoms with Gasteiger partial charge in [0.25, 0.3) is 0 Å². The van der Waals surface area contributed by atoms with Crippen molar-refractivity contribution in [2.45, 2.75) is 18.4 Å². The van der Waals surface area contributed by atoms with Crippen LogP contribution < -0.4 is 8.92 Å². The molecule has 6 nitrogen and oxygen atoms in total. The van der Waals surface area contributed by atoms with Crippen molar-refractivity contribution in [3.63, 3.8) is 0 Å². The van der Waals surface area contributed by atoms with Crippen molar-refractivity contribution >= 4 is 21.2 Å². The summed E-state index contributed by atoms with van der Waals surface area (Å²) in [4.78, 5) is 4.84. The Hall–Kier alpha value is -4.10.